The van der Waals surface area contributed by atoms with Crippen LogP contribution in [0.15, 0.2) is 0 Å². The van der Waals surface area contributed by atoms with Gasteiger partial charge in [-0.3, -0.25) is 0 Å². The molecule has 0 aromatic heterocycles. The fraction of sp³-hybridized carbons (Fsp3) is 1.00. The second-order valence-corrected chi connectivity index (χ2v) is 6.14. The predicted octanol–water partition coefficient (Wildman–Crippen LogP) is 4.12. The van der Waals surface area contributed by atoms with E-state index < -0.39 is 0 Å². The molecule has 1 nitrogen and oxygen atoms in total. The van der Waals surface area contributed by atoms with Gasteiger partial charge in [-0.2, -0.15) is 0 Å². The van der Waals surface area contributed by atoms with Gasteiger partial charge in [0.2, 0.25) is 0 Å². The van der Waals surface area contributed by atoms with Crippen LogP contribution in [0.3, 0.4) is 0 Å². The number of hydrogen-bond acceptors (Lipinski definition) is 1. The van der Waals surface area contributed by atoms with Gasteiger partial charge in [0, 0.05) is 12.1 Å². The van der Waals surface area contributed by atoms with Crippen LogP contribution in [-0.2, 0) is 0 Å². The molecule has 2 saturated carbocycles. The molecular formula is C15H29N. The summed E-state index contributed by atoms with van der Waals surface area (Å²) >= 11 is 0. The minimum Gasteiger partial charge on any atom is -0.311 e. The second-order valence-electron chi connectivity index (χ2n) is 6.14. The molecule has 2 fully saturated rings. The molecule has 0 aromatic rings. The summed E-state index contributed by atoms with van der Waals surface area (Å²) in [6.07, 6.45) is 13.1. The van der Waals surface area contributed by atoms with Crippen LogP contribution in [-0.4, -0.2) is 12.1 Å². The number of rotatable bonds is 4. The van der Waals surface area contributed by atoms with Crippen LogP contribution in [0.1, 0.15) is 71.6 Å². The molecule has 3 atom stereocenters. The lowest BCUT2D eigenvalue weighted by atomic mass is 9.83. The SMILES string of the molecule is CCC1CCCC(N[C@H](C)C2CCCC2)C1. The van der Waals surface area contributed by atoms with E-state index in [9.17, 15) is 0 Å². The molecule has 2 unspecified atom stereocenters. The Hall–Kier alpha value is -0.0400. The van der Waals surface area contributed by atoms with Crippen LogP contribution >= 0.6 is 0 Å². The summed E-state index contributed by atoms with van der Waals surface area (Å²) in [5.74, 6) is 1.98. The van der Waals surface area contributed by atoms with E-state index in [4.69, 9.17) is 0 Å². The zero-order valence-corrected chi connectivity index (χ0v) is 11.2. The normalized spacial score (nSPS) is 34.1. The molecule has 0 heterocycles. The van der Waals surface area contributed by atoms with E-state index in [-0.39, 0.29) is 0 Å². The Kier molecular flexibility index (Phi) is 4.69. The van der Waals surface area contributed by atoms with Gasteiger partial charge in [0.25, 0.3) is 0 Å². The van der Waals surface area contributed by atoms with E-state index in [1.165, 1.54) is 57.8 Å². The largest absolute Gasteiger partial charge is 0.311 e. The number of nitrogens with one attached hydrogen (secondary N) is 1. The first-order valence-electron chi connectivity index (χ1n) is 7.55. The van der Waals surface area contributed by atoms with E-state index in [2.05, 4.69) is 19.2 Å². The first-order valence-corrected chi connectivity index (χ1v) is 7.55. The van der Waals surface area contributed by atoms with Crippen LogP contribution in [0.4, 0.5) is 0 Å². The van der Waals surface area contributed by atoms with E-state index in [1.807, 2.05) is 0 Å². The van der Waals surface area contributed by atoms with E-state index in [0.717, 1.165) is 23.9 Å². The molecule has 0 saturated heterocycles. The zero-order valence-electron chi connectivity index (χ0n) is 11.2. The van der Waals surface area contributed by atoms with Crippen molar-refractivity contribution in [3.8, 4) is 0 Å². The lowest BCUT2D eigenvalue weighted by Crippen LogP contribution is -2.42. The van der Waals surface area contributed by atoms with E-state index in [0.29, 0.717) is 0 Å². The molecule has 0 amide bonds. The minimum atomic E-state index is 0.767. The van der Waals surface area contributed by atoms with Crippen molar-refractivity contribution in [3.05, 3.63) is 0 Å². The maximum absolute atomic E-state index is 3.93. The first kappa shape index (κ1) is 12.4. The smallest absolute Gasteiger partial charge is 0.00722 e. The van der Waals surface area contributed by atoms with Crippen LogP contribution in [0.25, 0.3) is 0 Å². The summed E-state index contributed by atoms with van der Waals surface area (Å²) in [5, 5.41) is 3.93. The molecular weight excluding hydrogens is 194 g/mol. The van der Waals surface area contributed by atoms with Gasteiger partial charge in [-0.25, -0.2) is 0 Å². The molecule has 0 aromatic carbocycles. The maximum Gasteiger partial charge on any atom is 0.00722 e. The van der Waals surface area contributed by atoms with Crippen molar-refractivity contribution < 1.29 is 0 Å². The van der Waals surface area contributed by atoms with Gasteiger partial charge >= 0.3 is 0 Å². The third kappa shape index (κ3) is 3.23. The highest BCUT2D eigenvalue weighted by molar-refractivity contribution is 4.83. The van der Waals surface area contributed by atoms with E-state index in [1.54, 1.807) is 0 Å². The Morgan fingerprint density at radius 1 is 1.06 bits per heavy atom. The monoisotopic (exact) mass is 223 g/mol. The summed E-state index contributed by atoms with van der Waals surface area (Å²) in [7, 11) is 0. The van der Waals surface area contributed by atoms with Gasteiger partial charge in [0.1, 0.15) is 0 Å². The third-order valence-electron chi connectivity index (χ3n) is 4.97. The Labute approximate surface area is 101 Å². The highest BCUT2D eigenvalue weighted by Gasteiger charge is 2.26. The molecule has 0 bridgehead atoms. The highest BCUT2D eigenvalue weighted by Crippen LogP contribution is 2.30. The highest BCUT2D eigenvalue weighted by atomic mass is 15.0. The lowest BCUT2D eigenvalue weighted by Gasteiger charge is -2.33. The summed E-state index contributed by atoms with van der Waals surface area (Å²) in [6.45, 7) is 4.78. The number of hydrogen-bond donors (Lipinski definition) is 1. The van der Waals surface area contributed by atoms with E-state index >= 15 is 0 Å². The van der Waals surface area contributed by atoms with Crippen molar-refractivity contribution in [3.63, 3.8) is 0 Å². The molecule has 2 aliphatic carbocycles. The average molecular weight is 223 g/mol. The molecule has 16 heavy (non-hydrogen) atoms. The quantitative estimate of drug-likeness (QED) is 0.756. The first-order chi connectivity index (χ1) is 7.79. The van der Waals surface area contributed by atoms with Crippen molar-refractivity contribution in [1.29, 1.82) is 0 Å². The fourth-order valence-electron chi connectivity index (χ4n) is 3.78. The summed E-state index contributed by atoms with van der Waals surface area (Å²) in [5.41, 5.74) is 0. The standard InChI is InChI=1S/C15H29N/c1-3-13-7-6-10-15(11-13)16-12(2)14-8-4-5-9-14/h12-16H,3-11H2,1-2H3/t12-,13?,15?/m1/s1. The second kappa shape index (κ2) is 6.05. The van der Waals surface area contributed by atoms with Gasteiger partial charge in [0.15, 0.2) is 0 Å². The van der Waals surface area contributed by atoms with Gasteiger partial charge in [-0.15, -0.1) is 0 Å². The summed E-state index contributed by atoms with van der Waals surface area (Å²) < 4.78 is 0. The maximum atomic E-state index is 3.93. The van der Waals surface area contributed by atoms with Gasteiger partial charge in [-0.05, 0) is 44.4 Å². The summed E-state index contributed by atoms with van der Waals surface area (Å²) in [4.78, 5) is 0. The molecule has 0 spiro atoms. The third-order valence-corrected chi connectivity index (χ3v) is 4.97. The lowest BCUT2D eigenvalue weighted by molar-refractivity contribution is 0.242. The van der Waals surface area contributed by atoms with Crippen molar-refractivity contribution in [2.75, 3.05) is 0 Å². The Morgan fingerprint density at radius 2 is 1.81 bits per heavy atom. The molecule has 1 heteroatoms. The summed E-state index contributed by atoms with van der Waals surface area (Å²) in [6, 6.07) is 1.59. The van der Waals surface area contributed by atoms with Gasteiger partial charge < -0.3 is 5.32 Å². The van der Waals surface area contributed by atoms with Crippen molar-refractivity contribution in [1.82, 2.24) is 5.32 Å². The molecule has 0 radical (unpaired) electrons. The van der Waals surface area contributed by atoms with Crippen LogP contribution in [0, 0.1) is 11.8 Å². The predicted molar refractivity (Wildman–Crippen MR) is 70.6 cm³/mol. The molecule has 2 rings (SSSR count). The van der Waals surface area contributed by atoms with Crippen molar-refractivity contribution in [2.45, 2.75) is 83.7 Å². The van der Waals surface area contributed by atoms with Crippen LogP contribution in [0.5, 0.6) is 0 Å². The average Bonchev–Trinajstić information content (AvgIpc) is 2.83. The minimum absolute atomic E-state index is 0.767. The van der Waals surface area contributed by atoms with Crippen molar-refractivity contribution >= 4 is 0 Å². The molecule has 2 aliphatic rings. The Balaban J connectivity index is 1.75. The Morgan fingerprint density at radius 3 is 2.50 bits per heavy atom. The van der Waals surface area contributed by atoms with Crippen LogP contribution in [0.2, 0.25) is 0 Å². The Bertz CT molecular complexity index is 196. The van der Waals surface area contributed by atoms with Crippen molar-refractivity contribution in [2.24, 2.45) is 11.8 Å². The fourth-order valence-corrected chi connectivity index (χ4v) is 3.78. The molecule has 1 N–H and O–H groups in total. The molecule has 94 valence electrons. The molecule has 0 aliphatic heterocycles. The van der Waals surface area contributed by atoms with Crippen LogP contribution < -0.4 is 5.32 Å². The van der Waals surface area contributed by atoms with Gasteiger partial charge in [-0.1, -0.05) is 39.0 Å². The zero-order chi connectivity index (χ0) is 11.4. The van der Waals surface area contributed by atoms with Gasteiger partial charge in [0.05, 0.1) is 0 Å². The topological polar surface area (TPSA) is 12.0 Å².